The Labute approximate surface area is 153 Å². The number of hydrogen-bond acceptors (Lipinski definition) is 5. The number of rotatable bonds is 5. The van der Waals surface area contributed by atoms with Gasteiger partial charge in [0.15, 0.2) is 0 Å². The Hall–Kier alpha value is -2.41. The standard InChI is InChI=1S/C17H13Cl2N3O3/c1-24-9-15(23)20-14-5-3-2-4-11(14)17-22-21-16(25-17)10-6-7-12(18)13(19)8-10/h2-8H,9H2,1H3,(H,20,23). The van der Waals surface area contributed by atoms with Gasteiger partial charge in [-0.15, -0.1) is 10.2 Å². The summed E-state index contributed by atoms with van der Waals surface area (Å²) in [5, 5.41) is 11.7. The van der Waals surface area contributed by atoms with Crippen molar-refractivity contribution in [3.8, 4) is 22.9 Å². The van der Waals surface area contributed by atoms with Crippen LogP contribution in [0.15, 0.2) is 46.9 Å². The SMILES string of the molecule is COCC(=O)Nc1ccccc1-c1nnc(-c2ccc(Cl)c(Cl)c2)o1. The first-order chi connectivity index (χ1) is 12.1. The Morgan fingerprint density at radius 3 is 2.64 bits per heavy atom. The number of methoxy groups -OCH3 is 1. The molecule has 0 unspecified atom stereocenters. The minimum Gasteiger partial charge on any atom is -0.416 e. The van der Waals surface area contributed by atoms with Crippen LogP contribution in [0.25, 0.3) is 22.9 Å². The van der Waals surface area contributed by atoms with Gasteiger partial charge >= 0.3 is 0 Å². The zero-order valence-electron chi connectivity index (χ0n) is 13.1. The average molecular weight is 378 g/mol. The Kier molecular flexibility index (Phi) is 5.33. The van der Waals surface area contributed by atoms with Crippen molar-refractivity contribution in [3.63, 3.8) is 0 Å². The largest absolute Gasteiger partial charge is 0.416 e. The number of carbonyl (C=O) groups is 1. The number of anilines is 1. The third kappa shape index (κ3) is 3.99. The Balaban J connectivity index is 1.92. The molecule has 8 heteroatoms. The first-order valence-electron chi connectivity index (χ1n) is 7.25. The fraction of sp³-hybridized carbons (Fsp3) is 0.118. The molecule has 1 N–H and O–H groups in total. The monoisotopic (exact) mass is 377 g/mol. The van der Waals surface area contributed by atoms with Crippen molar-refractivity contribution in [2.45, 2.75) is 0 Å². The molecule has 6 nitrogen and oxygen atoms in total. The number of halogens is 2. The summed E-state index contributed by atoms with van der Waals surface area (Å²) in [5.74, 6) is 0.292. The first-order valence-corrected chi connectivity index (χ1v) is 8.01. The van der Waals surface area contributed by atoms with Crippen LogP contribution in [0.2, 0.25) is 10.0 Å². The lowest BCUT2D eigenvalue weighted by molar-refractivity contribution is -0.119. The Bertz CT molecular complexity index is 912. The van der Waals surface area contributed by atoms with E-state index in [0.717, 1.165) is 0 Å². The van der Waals surface area contributed by atoms with Crippen LogP contribution in [-0.2, 0) is 9.53 Å². The molecule has 0 bridgehead atoms. The predicted molar refractivity (Wildman–Crippen MR) is 95.7 cm³/mol. The van der Waals surface area contributed by atoms with Gasteiger partial charge in [-0.25, -0.2) is 0 Å². The van der Waals surface area contributed by atoms with Crippen molar-refractivity contribution in [1.29, 1.82) is 0 Å². The van der Waals surface area contributed by atoms with Crippen LogP contribution in [-0.4, -0.2) is 29.8 Å². The molecule has 1 amide bonds. The van der Waals surface area contributed by atoms with E-state index in [1.165, 1.54) is 7.11 Å². The Morgan fingerprint density at radius 1 is 1.12 bits per heavy atom. The topological polar surface area (TPSA) is 77.2 Å². The summed E-state index contributed by atoms with van der Waals surface area (Å²) in [6.07, 6.45) is 0. The second-order valence-corrected chi connectivity index (χ2v) is 5.88. The van der Waals surface area contributed by atoms with Gasteiger partial charge in [-0.05, 0) is 30.3 Å². The fourth-order valence-electron chi connectivity index (χ4n) is 2.17. The molecule has 0 aliphatic rings. The Morgan fingerprint density at radius 2 is 1.88 bits per heavy atom. The van der Waals surface area contributed by atoms with Crippen molar-refractivity contribution in [2.75, 3.05) is 19.0 Å². The molecule has 0 aliphatic carbocycles. The summed E-state index contributed by atoms with van der Waals surface area (Å²) >= 11 is 11.9. The highest BCUT2D eigenvalue weighted by molar-refractivity contribution is 6.42. The molecule has 0 spiro atoms. The number of para-hydroxylation sites is 1. The van der Waals surface area contributed by atoms with Crippen LogP contribution in [0.4, 0.5) is 5.69 Å². The number of hydrogen-bond donors (Lipinski definition) is 1. The van der Waals surface area contributed by atoms with E-state index in [-0.39, 0.29) is 18.4 Å². The molecule has 0 fully saturated rings. The molecule has 0 radical (unpaired) electrons. The molecular formula is C17H13Cl2N3O3. The summed E-state index contributed by atoms with van der Waals surface area (Å²) in [6.45, 7) is -0.0489. The molecule has 0 atom stereocenters. The van der Waals surface area contributed by atoms with E-state index in [0.29, 0.717) is 32.8 Å². The average Bonchev–Trinajstić information content (AvgIpc) is 3.08. The molecule has 128 valence electrons. The van der Waals surface area contributed by atoms with Gasteiger partial charge in [0.05, 0.1) is 21.3 Å². The third-order valence-electron chi connectivity index (χ3n) is 3.30. The van der Waals surface area contributed by atoms with Crippen LogP contribution < -0.4 is 5.32 Å². The molecule has 1 aromatic heterocycles. The van der Waals surface area contributed by atoms with Crippen LogP contribution in [0, 0.1) is 0 Å². The normalized spacial score (nSPS) is 10.7. The van der Waals surface area contributed by atoms with Gasteiger partial charge < -0.3 is 14.5 Å². The van der Waals surface area contributed by atoms with Crippen LogP contribution in [0.5, 0.6) is 0 Å². The fourth-order valence-corrected chi connectivity index (χ4v) is 2.47. The molecule has 25 heavy (non-hydrogen) atoms. The molecule has 2 aromatic carbocycles. The van der Waals surface area contributed by atoms with E-state index in [2.05, 4.69) is 15.5 Å². The van der Waals surface area contributed by atoms with E-state index in [1.807, 2.05) is 6.07 Å². The second-order valence-electron chi connectivity index (χ2n) is 5.07. The summed E-state index contributed by atoms with van der Waals surface area (Å²) in [7, 11) is 1.45. The van der Waals surface area contributed by atoms with E-state index in [4.69, 9.17) is 32.4 Å². The lowest BCUT2D eigenvalue weighted by atomic mass is 10.1. The van der Waals surface area contributed by atoms with Crippen LogP contribution in [0.3, 0.4) is 0 Å². The van der Waals surface area contributed by atoms with Gasteiger partial charge in [0.2, 0.25) is 17.7 Å². The van der Waals surface area contributed by atoms with Crippen molar-refractivity contribution in [1.82, 2.24) is 10.2 Å². The van der Waals surface area contributed by atoms with Crippen molar-refractivity contribution < 1.29 is 13.9 Å². The molecule has 3 aromatic rings. The van der Waals surface area contributed by atoms with Gasteiger partial charge in [-0.1, -0.05) is 35.3 Å². The van der Waals surface area contributed by atoms with E-state index >= 15 is 0 Å². The zero-order chi connectivity index (χ0) is 17.8. The van der Waals surface area contributed by atoms with Gasteiger partial charge in [0.25, 0.3) is 0 Å². The summed E-state index contributed by atoms with van der Waals surface area (Å²) in [5.41, 5.74) is 1.80. The van der Waals surface area contributed by atoms with E-state index in [9.17, 15) is 4.79 Å². The predicted octanol–water partition coefficient (Wildman–Crippen LogP) is 4.30. The zero-order valence-corrected chi connectivity index (χ0v) is 14.6. The highest BCUT2D eigenvalue weighted by atomic mass is 35.5. The molecule has 0 aliphatic heterocycles. The smallest absolute Gasteiger partial charge is 0.250 e. The van der Waals surface area contributed by atoms with Crippen molar-refractivity contribution in [3.05, 3.63) is 52.5 Å². The number of nitrogens with one attached hydrogen (secondary N) is 1. The van der Waals surface area contributed by atoms with Gasteiger partial charge in [0, 0.05) is 12.7 Å². The van der Waals surface area contributed by atoms with E-state index < -0.39 is 0 Å². The minimum absolute atomic E-state index is 0.0489. The number of ether oxygens (including phenoxy) is 1. The van der Waals surface area contributed by atoms with Crippen LogP contribution in [0.1, 0.15) is 0 Å². The van der Waals surface area contributed by atoms with Gasteiger partial charge in [-0.2, -0.15) is 0 Å². The van der Waals surface area contributed by atoms with Gasteiger partial charge in [-0.3, -0.25) is 4.79 Å². The third-order valence-corrected chi connectivity index (χ3v) is 4.04. The van der Waals surface area contributed by atoms with E-state index in [1.54, 1.807) is 36.4 Å². The second kappa shape index (κ2) is 7.65. The summed E-state index contributed by atoms with van der Waals surface area (Å²) in [4.78, 5) is 11.8. The van der Waals surface area contributed by atoms with Gasteiger partial charge in [0.1, 0.15) is 6.61 Å². The van der Waals surface area contributed by atoms with Crippen molar-refractivity contribution in [2.24, 2.45) is 0 Å². The lowest BCUT2D eigenvalue weighted by Gasteiger charge is -2.07. The molecule has 0 saturated heterocycles. The minimum atomic E-state index is -0.279. The summed E-state index contributed by atoms with van der Waals surface area (Å²) in [6, 6.07) is 12.2. The maximum atomic E-state index is 11.8. The number of aromatic nitrogens is 2. The highest BCUT2D eigenvalue weighted by Gasteiger charge is 2.15. The molecule has 3 rings (SSSR count). The molecular weight excluding hydrogens is 365 g/mol. The first kappa shape index (κ1) is 17.4. The maximum absolute atomic E-state index is 11.8. The molecule has 0 saturated carbocycles. The number of nitrogens with zero attached hydrogens (tertiary/aromatic N) is 2. The highest BCUT2D eigenvalue weighted by Crippen LogP contribution is 2.31. The summed E-state index contributed by atoms with van der Waals surface area (Å²) < 4.78 is 10.5. The van der Waals surface area contributed by atoms with Crippen molar-refractivity contribution >= 4 is 34.8 Å². The molecule has 1 heterocycles. The maximum Gasteiger partial charge on any atom is 0.250 e. The number of carbonyl (C=O) groups excluding carboxylic acids is 1. The quantitative estimate of drug-likeness (QED) is 0.717. The number of benzene rings is 2. The lowest BCUT2D eigenvalue weighted by Crippen LogP contribution is -2.17. The number of amides is 1. The van der Waals surface area contributed by atoms with Crippen LogP contribution >= 0.6 is 23.2 Å².